The van der Waals surface area contributed by atoms with Gasteiger partial charge in [-0.3, -0.25) is 9.59 Å². The first-order valence-corrected chi connectivity index (χ1v) is 8.93. The van der Waals surface area contributed by atoms with E-state index in [1.807, 2.05) is 0 Å². The molecule has 0 atom stereocenters. The first-order chi connectivity index (χ1) is 12.9. The summed E-state index contributed by atoms with van der Waals surface area (Å²) in [7, 11) is 0. The molecule has 138 valence electrons. The number of nitrogens with one attached hydrogen (secondary N) is 2. The molecule has 2 aromatic carbocycles. The zero-order valence-corrected chi connectivity index (χ0v) is 15.2. The Bertz CT molecular complexity index is 1010. The molecular formula is C18H12ClF2N3O2S. The van der Waals surface area contributed by atoms with Gasteiger partial charge in [-0.05, 0) is 30.3 Å². The predicted molar refractivity (Wildman–Crippen MR) is 99.9 cm³/mol. The van der Waals surface area contributed by atoms with Crippen LogP contribution in [0.2, 0.25) is 5.02 Å². The van der Waals surface area contributed by atoms with Crippen LogP contribution in [0.4, 0.5) is 13.9 Å². The van der Waals surface area contributed by atoms with Crippen LogP contribution in [0.25, 0.3) is 11.3 Å². The number of amides is 2. The Labute approximate surface area is 162 Å². The van der Waals surface area contributed by atoms with Gasteiger partial charge in [0.2, 0.25) is 5.91 Å². The van der Waals surface area contributed by atoms with Crippen LogP contribution in [0.15, 0.2) is 47.8 Å². The van der Waals surface area contributed by atoms with Crippen LogP contribution in [0.1, 0.15) is 10.4 Å². The highest BCUT2D eigenvalue weighted by Crippen LogP contribution is 2.26. The highest BCUT2D eigenvalue weighted by atomic mass is 35.5. The summed E-state index contributed by atoms with van der Waals surface area (Å²) in [4.78, 5) is 28.1. The predicted octanol–water partition coefficient (Wildman–Crippen LogP) is 4.11. The molecule has 0 aliphatic carbocycles. The van der Waals surface area contributed by atoms with Gasteiger partial charge in [-0.1, -0.05) is 23.7 Å². The summed E-state index contributed by atoms with van der Waals surface area (Å²) >= 11 is 7.05. The Kier molecular flexibility index (Phi) is 5.78. The normalized spacial score (nSPS) is 10.5. The second-order valence-corrected chi connectivity index (χ2v) is 6.64. The number of carbonyl (C=O) groups is 2. The van der Waals surface area contributed by atoms with Gasteiger partial charge >= 0.3 is 0 Å². The standard InChI is InChI=1S/C18H12ClF2N3O2S/c19-12-4-2-1-3-11(12)17(26)22-8-16(25)24-18-23-15(9-27-18)10-5-6-13(20)14(21)7-10/h1-7,9H,8H2,(H,22,26)(H,23,24,25). The van der Waals surface area contributed by atoms with Gasteiger partial charge in [0.15, 0.2) is 16.8 Å². The van der Waals surface area contributed by atoms with Crippen molar-refractivity contribution in [1.82, 2.24) is 10.3 Å². The van der Waals surface area contributed by atoms with Gasteiger partial charge in [-0.2, -0.15) is 0 Å². The molecule has 3 aromatic rings. The fourth-order valence-corrected chi connectivity index (χ4v) is 3.14. The third kappa shape index (κ3) is 4.66. The Morgan fingerprint density at radius 2 is 1.89 bits per heavy atom. The highest BCUT2D eigenvalue weighted by molar-refractivity contribution is 7.14. The molecule has 0 aliphatic rings. The molecule has 1 aromatic heterocycles. The average molecular weight is 408 g/mol. The number of halogens is 3. The molecule has 0 aliphatic heterocycles. The van der Waals surface area contributed by atoms with Gasteiger partial charge in [-0.15, -0.1) is 11.3 Å². The van der Waals surface area contributed by atoms with E-state index in [1.165, 1.54) is 6.07 Å². The molecule has 9 heteroatoms. The molecule has 0 radical (unpaired) electrons. The second-order valence-electron chi connectivity index (χ2n) is 5.38. The van der Waals surface area contributed by atoms with E-state index in [0.29, 0.717) is 11.3 Å². The lowest BCUT2D eigenvalue weighted by Gasteiger charge is -2.06. The summed E-state index contributed by atoms with van der Waals surface area (Å²) in [6.07, 6.45) is 0. The van der Waals surface area contributed by atoms with Gasteiger partial charge in [0.25, 0.3) is 5.91 Å². The second kappa shape index (κ2) is 8.24. The van der Waals surface area contributed by atoms with Crippen LogP contribution < -0.4 is 10.6 Å². The maximum atomic E-state index is 13.3. The smallest absolute Gasteiger partial charge is 0.253 e. The Morgan fingerprint density at radius 1 is 1.11 bits per heavy atom. The van der Waals surface area contributed by atoms with Crippen molar-refractivity contribution in [1.29, 1.82) is 0 Å². The fraction of sp³-hybridized carbons (Fsp3) is 0.0556. The summed E-state index contributed by atoms with van der Waals surface area (Å²) in [5, 5.41) is 7.15. The van der Waals surface area contributed by atoms with E-state index in [0.717, 1.165) is 23.5 Å². The minimum Gasteiger partial charge on any atom is -0.343 e. The molecule has 1 heterocycles. The van der Waals surface area contributed by atoms with E-state index in [4.69, 9.17) is 11.6 Å². The average Bonchev–Trinajstić information content (AvgIpc) is 3.11. The topological polar surface area (TPSA) is 71.1 Å². The van der Waals surface area contributed by atoms with Crippen molar-refractivity contribution in [3.63, 3.8) is 0 Å². The third-order valence-electron chi connectivity index (χ3n) is 3.49. The van der Waals surface area contributed by atoms with Crippen LogP contribution in [-0.2, 0) is 4.79 Å². The van der Waals surface area contributed by atoms with Gasteiger partial charge < -0.3 is 10.6 Å². The van der Waals surface area contributed by atoms with Crippen molar-refractivity contribution in [3.8, 4) is 11.3 Å². The Balaban J connectivity index is 1.59. The van der Waals surface area contributed by atoms with Crippen molar-refractivity contribution in [2.75, 3.05) is 11.9 Å². The largest absolute Gasteiger partial charge is 0.343 e. The molecule has 0 saturated carbocycles. The zero-order valence-electron chi connectivity index (χ0n) is 13.6. The number of aromatic nitrogens is 1. The number of benzene rings is 2. The lowest BCUT2D eigenvalue weighted by molar-refractivity contribution is -0.115. The number of anilines is 1. The Morgan fingerprint density at radius 3 is 2.63 bits per heavy atom. The summed E-state index contributed by atoms with van der Waals surface area (Å²) in [6, 6.07) is 9.90. The van der Waals surface area contributed by atoms with Crippen molar-refractivity contribution in [3.05, 3.63) is 70.1 Å². The molecule has 2 amide bonds. The number of thiazole rings is 1. The number of carbonyl (C=O) groups excluding carboxylic acids is 2. The number of nitrogens with zero attached hydrogens (tertiary/aromatic N) is 1. The summed E-state index contributed by atoms with van der Waals surface area (Å²) in [5.74, 6) is -2.89. The quantitative estimate of drug-likeness (QED) is 0.668. The molecular weight excluding hydrogens is 396 g/mol. The fourth-order valence-electron chi connectivity index (χ4n) is 2.18. The first-order valence-electron chi connectivity index (χ1n) is 7.67. The molecule has 0 bridgehead atoms. The maximum absolute atomic E-state index is 13.3. The SMILES string of the molecule is O=C(CNC(=O)c1ccccc1Cl)Nc1nc(-c2ccc(F)c(F)c2)cs1. The third-order valence-corrected chi connectivity index (χ3v) is 4.58. The number of rotatable bonds is 5. The van der Waals surface area contributed by atoms with E-state index in [9.17, 15) is 18.4 Å². The molecule has 5 nitrogen and oxygen atoms in total. The molecule has 2 N–H and O–H groups in total. The zero-order chi connectivity index (χ0) is 19.4. The van der Waals surface area contributed by atoms with Crippen molar-refractivity contribution >= 4 is 39.9 Å². The van der Waals surface area contributed by atoms with Gasteiger partial charge in [0.1, 0.15) is 0 Å². The molecule has 3 rings (SSSR count). The summed E-state index contributed by atoms with van der Waals surface area (Å²) in [6.45, 7) is -0.274. The van der Waals surface area contributed by atoms with Gasteiger partial charge in [-0.25, -0.2) is 13.8 Å². The molecule has 27 heavy (non-hydrogen) atoms. The van der Waals surface area contributed by atoms with Crippen LogP contribution in [0.5, 0.6) is 0 Å². The summed E-state index contributed by atoms with van der Waals surface area (Å²) in [5.41, 5.74) is 1.05. The van der Waals surface area contributed by atoms with Gasteiger partial charge in [0, 0.05) is 10.9 Å². The molecule has 0 saturated heterocycles. The van der Waals surface area contributed by atoms with Gasteiger partial charge in [0.05, 0.1) is 22.8 Å². The van der Waals surface area contributed by atoms with E-state index in [2.05, 4.69) is 15.6 Å². The number of hydrogen-bond donors (Lipinski definition) is 2. The van der Waals surface area contributed by atoms with E-state index in [-0.39, 0.29) is 22.3 Å². The monoisotopic (exact) mass is 407 g/mol. The van der Waals surface area contributed by atoms with Crippen LogP contribution in [-0.4, -0.2) is 23.3 Å². The van der Waals surface area contributed by atoms with Crippen LogP contribution in [0.3, 0.4) is 0 Å². The minimum absolute atomic E-state index is 0.266. The molecule has 0 fully saturated rings. The van der Waals surface area contributed by atoms with E-state index < -0.39 is 23.4 Å². The molecule has 0 unspecified atom stereocenters. The first kappa shape index (κ1) is 18.9. The highest BCUT2D eigenvalue weighted by Gasteiger charge is 2.13. The summed E-state index contributed by atoms with van der Waals surface area (Å²) < 4.78 is 26.3. The lowest BCUT2D eigenvalue weighted by atomic mass is 10.2. The van der Waals surface area contributed by atoms with Crippen LogP contribution in [0, 0.1) is 11.6 Å². The van der Waals surface area contributed by atoms with E-state index >= 15 is 0 Å². The minimum atomic E-state index is -0.978. The van der Waals surface area contributed by atoms with Crippen molar-refractivity contribution < 1.29 is 18.4 Å². The van der Waals surface area contributed by atoms with Crippen molar-refractivity contribution in [2.24, 2.45) is 0 Å². The lowest BCUT2D eigenvalue weighted by Crippen LogP contribution is -2.32. The van der Waals surface area contributed by atoms with E-state index in [1.54, 1.807) is 29.6 Å². The van der Waals surface area contributed by atoms with Crippen molar-refractivity contribution in [2.45, 2.75) is 0 Å². The maximum Gasteiger partial charge on any atom is 0.253 e. The van der Waals surface area contributed by atoms with Crippen LogP contribution >= 0.6 is 22.9 Å². The molecule has 0 spiro atoms. The Hall–Kier alpha value is -2.84. The number of hydrogen-bond acceptors (Lipinski definition) is 4.